The minimum atomic E-state index is -2.11. The molecular formula is C13H13ClN4O3S. The molecule has 7 nitrogen and oxygen atoms in total. The van der Waals surface area contributed by atoms with Crippen LogP contribution in [0.15, 0.2) is 29.2 Å². The van der Waals surface area contributed by atoms with Crippen molar-refractivity contribution in [2.24, 2.45) is 5.73 Å². The van der Waals surface area contributed by atoms with Gasteiger partial charge in [0.25, 0.3) is 5.91 Å². The molecule has 0 saturated carbocycles. The number of hydrogen-bond acceptors (Lipinski definition) is 5. The van der Waals surface area contributed by atoms with Gasteiger partial charge in [0, 0.05) is 5.69 Å². The standard InChI is InChI=1S/C13H13ClN4O3S/c1-2-9-11(14)18-13(10(17-9)12(15)19)16-7-4-3-5-8(6-7)22(20)21/h3-6H,2H2,1H3,(H2,15,19)(H,16,18)(H,20,21). The van der Waals surface area contributed by atoms with Crippen molar-refractivity contribution in [2.75, 3.05) is 5.32 Å². The lowest BCUT2D eigenvalue weighted by Crippen LogP contribution is -2.18. The average Bonchev–Trinajstić information content (AvgIpc) is 2.47. The number of anilines is 2. The molecule has 2 aromatic rings. The van der Waals surface area contributed by atoms with Crippen molar-refractivity contribution < 1.29 is 13.6 Å². The number of aryl methyl sites for hydroxylation is 1. The maximum atomic E-state index is 11.5. The van der Waals surface area contributed by atoms with E-state index in [9.17, 15) is 9.00 Å². The van der Waals surface area contributed by atoms with Crippen molar-refractivity contribution >= 4 is 40.1 Å². The van der Waals surface area contributed by atoms with Gasteiger partial charge in [-0.1, -0.05) is 24.6 Å². The number of nitrogens with zero attached hydrogens (tertiary/aromatic N) is 2. The Morgan fingerprint density at radius 3 is 2.77 bits per heavy atom. The maximum Gasteiger partial charge on any atom is 0.271 e. The second kappa shape index (κ2) is 6.82. The van der Waals surface area contributed by atoms with Crippen LogP contribution in [0.4, 0.5) is 11.5 Å². The normalized spacial score (nSPS) is 12.0. The lowest BCUT2D eigenvalue weighted by molar-refractivity contribution is 0.0996. The number of carbonyl (C=O) groups is 1. The van der Waals surface area contributed by atoms with E-state index in [4.69, 9.17) is 21.9 Å². The van der Waals surface area contributed by atoms with Gasteiger partial charge in [-0.3, -0.25) is 4.79 Å². The first-order valence-corrected chi connectivity index (χ1v) is 7.75. The summed E-state index contributed by atoms with van der Waals surface area (Å²) in [5, 5.41) is 3.00. The number of halogens is 1. The minimum absolute atomic E-state index is 0.0447. The summed E-state index contributed by atoms with van der Waals surface area (Å²) in [6.07, 6.45) is 0.505. The van der Waals surface area contributed by atoms with Crippen LogP contribution in [-0.2, 0) is 17.5 Å². The molecule has 0 saturated heterocycles. The molecule has 0 aliphatic heterocycles. The molecule has 116 valence electrons. The van der Waals surface area contributed by atoms with E-state index in [-0.39, 0.29) is 21.6 Å². The zero-order valence-corrected chi connectivity index (χ0v) is 13.1. The maximum absolute atomic E-state index is 11.5. The number of nitrogens with two attached hydrogens (primary N) is 1. The number of amides is 1. The van der Waals surface area contributed by atoms with Crippen LogP contribution in [0.25, 0.3) is 0 Å². The van der Waals surface area contributed by atoms with Crippen molar-refractivity contribution in [2.45, 2.75) is 18.2 Å². The zero-order valence-electron chi connectivity index (χ0n) is 11.5. The van der Waals surface area contributed by atoms with Gasteiger partial charge in [-0.25, -0.2) is 14.2 Å². The first-order valence-electron chi connectivity index (χ1n) is 6.26. The largest absolute Gasteiger partial charge is 0.364 e. The van der Waals surface area contributed by atoms with Crippen molar-refractivity contribution in [1.29, 1.82) is 0 Å². The number of hydrogen-bond donors (Lipinski definition) is 3. The van der Waals surface area contributed by atoms with Gasteiger partial charge in [0.05, 0.1) is 10.6 Å². The lowest BCUT2D eigenvalue weighted by atomic mass is 10.3. The van der Waals surface area contributed by atoms with Gasteiger partial charge in [0.1, 0.15) is 0 Å². The van der Waals surface area contributed by atoms with Crippen molar-refractivity contribution in [3.63, 3.8) is 0 Å². The van der Waals surface area contributed by atoms with Gasteiger partial charge in [-0.15, -0.1) is 0 Å². The fraction of sp³-hybridized carbons (Fsp3) is 0.154. The molecule has 0 bridgehead atoms. The second-order valence-electron chi connectivity index (χ2n) is 4.28. The van der Waals surface area contributed by atoms with Gasteiger partial charge in [0.2, 0.25) is 0 Å². The van der Waals surface area contributed by atoms with Crippen LogP contribution in [0.5, 0.6) is 0 Å². The van der Waals surface area contributed by atoms with Crippen LogP contribution in [0.2, 0.25) is 5.15 Å². The van der Waals surface area contributed by atoms with Crippen LogP contribution < -0.4 is 11.1 Å². The summed E-state index contributed by atoms with van der Waals surface area (Å²) in [7, 11) is 0. The zero-order chi connectivity index (χ0) is 16.3. The summed E-state index contributed by atoms with van der Waals surface area (Å²) < 4.78 is 20.2. The number of aromatic nitrogens is 2. The fourth-order valence-electron chi connectivity index (χ4n) is 1.75. The Morgan fingerprint density at radius 2 is 2.18 bits per heavy atom. The fourth-order valence-corrected chi connectivity index (χ4v) is 2.44. The Kier molecular flexibility index (Phi) is 5.07. The highest BCUT2D eigenvalue weighted by molar-refractivity contribution is 7.79. The first kappa shape index (κ1) is 16.3. The minimum Gasteiger partial charge on any atom is -0.364 e. The van der Waals surface area contributed by atoms with Gasteiger partial charge in [0.15, 0.2) is 27.7 Å². The van der Waals surface area contributed by atoms with Gasteiger partial charge in [-0.2, -0.15) is 0 Å². The summed E-state index contributed by atoms with van der Waals surface area (Å²) in [5.41, 5.74) is 6.18. The molecule has 0 aliphatic rings. The first-order chi connectivity index (χ1) is 10.4. The smallest absolute Gasteiger partial charge is 0.271 e. The molecule has 1 atom stereocenters. The highest BCUT2D eigenvalue weighted by Crippen LogP contribution is 2.23. The molecule has 9 heteroatoms. The molecule has 1 unspecified atom stereocenters. The van der Waals surface area contributed by atoms with Crippen LogP contribution in [0, 0.1) is 0 Å². The lowest BCUT2D eigenvalue weighted by Gasteiger charge is -2.11. The van der Waals surface area contributed by atoms with Gasteiger partial charge >= 0.3 is 0 Å². The predicted octanol–water partition coefficient (Wildman–Crippen LogP) is 2.12. The summed E-state index contributed by atoms with van der Waals surface area (Å²) in [6.45, 7) is 1.83. The highest BCUT2D eigenvalue weighted by atomic mass is 35.5. The summed E-state index contributed by atoms with van der Waals surface area (Å²) in [6, 6.07) is 6.18. The molecule has 22 heavy (non-hydrogen) atoms. The Labute approximate surface area is 134 Å². The molecule has 1 aromatic carbocycles. The topological polar surface area (TPSA) is 118 Å². The van der Waals surface area contributed by atoms with E-state index in [1.165, 1.54) is 12.1 Å². The number of benzene rings is 1. The number of carbonyl (C=O) groups excluding carboxylic acids is 1. The highest BCUT2D eigenvalue weighted by Gasteiger charge is 2.16. The quantitative estimate of drug-likeness (QED) is 0.717. The molecule has 2 rings (SSSR count). The van der Waals surface area contributed by atoms with E-state index < -0.39 is 17.0 Å². The second-order valence-corrected chi connectivity index (χ2v) is 5.61. The Hall–Kier alpha value is -2.03. The van der Waals surface area contributed by atoms with Crippen molar-refractivity contribution in [1.82, 2.24) is 9.97 Å². The van der Waals surface area contributed by atoms with E-state index in [0.29, 0.717) is 17.8 Å². The predicted molar refractivity (Wildman–Crippen MR) is 83.7 cm³/mol. The van der Waals surface area contributed by atoms with Crippen molar-refractivity contribution in [3.8, 4) is 0 Å². The molecule has 4 N–H and O–H groups in total. The van der Waals surface area contributed by atoms with E-state index in [1.807, 2.05) is 6.92 Å². The molecule has 1 heterocycles. The molecule has 0 radical (unpaired) electrons. The van der Waals surface area contributed by atoms with Crippen LogP contribution >= 0.6 is 11.6 Å². The third kappa shape index (κ3) is 3.59. The van der Waals surface area contributed by atoms with Crippen molar-refractivity contribution in [3.05, 3.63) is 40.8 Å². The average molecular weight is 341 g/mol. The molecular weight excluding hydrogens is 328 g/mol. The Balaban J connectivity index is 2.44. The summed E-state index contributed by atoms with van der Waals surface area (Å²) >= 11 is 3.89. The van der Waals surface area contributed by atoms with E-state index in [1.54, 1.807) is 12.1 Å². The number of primary amides is 1. The SMILES string of the molecule is CCc1nc(C(N)=O)c(Nc2cccc(S(=O)O)c2)nc1Cl. The molecule has 1 amide bonds. The van der Waals surface area contributed by atoms with Gasteiger partial charge in [-0.05, 0) is 24.6 Å². The van der Waals surface area contributed by atoms with Crippen LogP contribution in [0.1, 0.15) is 23.1 Å². The van der Waals surface area contributed by atoms with Crippen LogP contribution in [0.3, 0.4) is 0 Å². The van der Waals surface area contributed by atoms with E-state index in [2.05, 4.69) is 15.3 Å². The monoisotopic (exact) mass is 340 g/mol. The van der Waals surface area contributed by atoms with E-state index >= 15 is 0 Å². The number of nitrogens with one attached hydrogen (secondary N) is 1. The molecule has 1 aromatic heterocycles. The summed E-state index contributed by atoms with van der Waals surface area (Å²) in [5.74, 6) is -0.654. The Bertz CT molecular complexity index is 754. The Morgan fingerprint density at radius 1 is 1.45 bits per heavy atom. The van der Waals surface area contributed by atoms with E-state index in [0.717, 1.165) is 0 Å². The third-order valence-electron chi connectivity index (χ3n) is 2.79. The molecule has 0 spiro atoms. The van der Waals surface area contributed by atoms with Gasteiger partial charge < -0.3 is 15.6 Å². The summed E-state index contributed by atoms with van der Waals surface area (Å²) in [4.78, 5) is 19.9. The molecule has 0 fully saturated rings. The number of rotatable bonds is 5. The molecule has 0 aliphatic carbocycles. The third-order valence-corrected chi connectivity index (χ3v) is 3.75. The van der Waals surface area contributed by atoms with Crippen LogP contribution in [-0.4, -0.2) is 24.6 Å².